The van der Waals surface area contributed by atoms with Crippen LogP contribution in [0.25, 0.3) is 21.9 Å². The molecule has 0 radical (unpaired) electrons. The molecule has 0 spiro atoms. The van der Waals surface area contributed by atoms with Crippen LogP contribution in [0.5, 0.6) is 0 Å². The monoisotopic (exact) mass is 700 g/mol. The van der Waals surface area contributed by atoms with Gasteiger partial charge >= 0.3 is 0 Å². The molecule has 4 heteroatoms. The zero-order valence-corrected chi connectivity index (χ0v) is 30.0. The summed E-state index contributed by atoms with van der Waals surface area (Å²) in [7, 11) is -0.293. The number of rotatable bonds is 7. The zero-order chi connectivity index (χ0) is 35.9. The van der Waals surface area contributed by atoms with E-state index in [9.17, 15) is 4.79 Å². The molecule has 8 aromatic carbocycles. The number of benzene rings is 8. The largest absolute Gasteiger partial charge is 0.456 e. The number of hydrogen-bond donors (Lipinski definition) is 0. The summed E-state index contributed by atoms with van der Waals surface area (Å²) in [6.07, 6.45) is -1.22. The van der Waals surface area contributed by atoms with Crippen LogP contribution in [0.15, 0.2) is 248 Å². The fraction of sp³-hybridized carbons (Fsp3) is 0. The maximum Gasteiger partial charge on any atom is 0.200 e. The third kappa shape index (κ3) is 6.73. The quantitative estimate of drug-likeness (QED) is 0.0944. The summed E-state index contributed by atoms with van der Waals surface area (Å²) >= 11 is 0. The van der Waals surface area contributed by atoms with Gasteiger partial charge in [-0.1, -0.05) is 170 Å². The lowest BCUT2D eigenvalue weighted by atomic mass is 9.13. The molecule has 0 saturated heterocycles. The van der Waals surface area contributed by atoms with E-state index in [0.29, 0.717) is 21.9 Å². The minimum absolute atomic E-state index is 0.0170. The molecule has 0 fully saturated rings. The number of hydrogen-bond acceptors (Lipinski definition) is 2. The van der Waals surface area contributed by atoms with Crippen LogP contribution >= 0.6 is 0 Å². The Morgan fingerprint density at radius 2 is 0.698 bits per heavy atom. The van der Waals surface area contributed by atoms with Crippen LogP contribution in [0.3, 0.4) is 0 Å². The fourth-order valence-corrected chi connectivity index (χ4v) is 9.67. The molecule has 0 aliphatic rings. The molecular weight excluding hydrogens is 663 g/mol. The van der Waals surface area contributed by atoms with Crippen LogP contribution in [0, 0.1) is 0 Å². The van der Waals surface area contributed by atoms with Gasteiger partial charge in [0.25, 0.3) is 0 Å². The van der Waals surface area contributed by atoms with E-state index in [0.717, 1.165) is 4.90 Å². The normalized spacial score (nSPS) is 11.3. The fourth-order valence-electron chi connectivity index (χ4n) is 7.55. The first kappa shape index (κ1) is 33.8. The highest BCUT2D eigenvalue weighted by molar-refractivity contribution is 7.97. The van der Waals surface area contributed by atoms with Crippen molar-refractivity contribution in [2.75, 3.05) is 0 Å². The van der Waals surface area contributed by atoms with Crippen LogP contribution in [0.1, 0.15) is 0 Å². The summed E-state index contributed by atoms with van der Waals surface area (Å²) < 4.78 is 5.98. The van der Waals surface area contributed by atoms with Crippen molar-refractivity contribution in [3.63, 3.8) is 0 Å². The van der Waals surface area contributed by atoms with E-state index < -0.39 is 6.15 Å². The molecule has 2 nitrogen and oxygen atoms in total. The Bertz CT molecular complexity index is 2410. The van der Waals surface area contributed by atoms with E-state index in [1.165, 1.54) is 31.6 Å². The first-order valence-electron chi connectivity index (χ1n) is 17.9. The first-order chi connectivity index (χ1) is 26.2. The molecule has 0 saturated carbocycles. The van der Waals surface area contributed by atoms with E-state index in [4.69, 9.17) is 4.42 Å². The van der Waals surface area contributed by atoms with Gasteiger partial charge in [0.2, 0.25) is 5.43 Å². The zero-order valence-electron chi connectivity index (χ0n) is 29.2. The SMILES string of the molecule is O=c1c2ccccc2oc2ccc([S+](c3ccccc3)c3ccccc3)cc12.c1ccc([B-](c2ccccc2)(c2ccccc2)c2ccccc2)cc1. The molecule has 1 aromatic heterocycles. The maximum atomic E-state index is 13.1. The standard InChI is InChI=1S/C25H17O2S.C24H20B/c26-25-21-13-7-8-14-23(21)27-24-16-15-20(17-22(24)25)28(18-9-3-1-4-10-18)19-11-5-2-6-12-19;1-5-13-21(14-6-1)25(22-15-7-2-8-16-22,23-17-9-3-10-18-23)24-19-11-4-12-20-24/h1-17H;1-20H/q+1;-1. The Morgan fingerprint density at radius 3 is 1.13 bits per heavy atom. The molecule has 0 amide bonds. The molecular formula is C49H37BO2S. The van der Waals surface area contributed by atoms with Gasteiger partial charge in [0.15, 0.2) is 14.7 Å². The van der Waals surface area contributed by atoms with Crippen molar-refractivity contribution < 1.29 is 4.42 Å². The lowest BCUT2D eigenvalue weighted by Gasteiger charge is -2.44. The average Bonchev–Trinajstić information content (AvgIpc) is 3.24. The average molecular weight is 701 g/mol. The molecule has 0 unspecified atom stereocenters. The minimum Gasteiger partial charge on any atom is -0.456 e. The molecule has 0 N–H and O–H groups in total. The van der Waals surface area contributed by atoms with Gasteiger partial charge in [-0.05, 0) is 48.5 Å². The molecule has 0 aliphatic carbocycles. The van der Waals surface area contributed by atoms with Gasteiger partial charge in [-0.25, -0.2) is 0 Å². The van der Waals surface area contributed by atoms with Crippen LogP contribution in [0.4, 0.5) is 0 Å². The van der Waals surface area contributed by atoms with Gasteiger partial charge in [0.1, 0.15) is 17.3 Å². The highest BCUT2D eigenvalue weighted by Gasteiger charge is 2.31. The summed E-state index contributed by atoms with van der Waals surface area (Å²) in [6.45, 7) is 0. The van der Waals surface area contributed by atoms with E-state index in [2.05, 4.69) is 176 Å². The predicted molar refractivity (Wildman–Crippen MR) is 225 cm³/mol. The third-order valence-corrected chi connectivity index (χ3v) is 12.2. The van der Waals surface area contributed by atoms with Crippen molar-refractivity contribution in [2.45, 2.75) is 14.7 Å². The van der Waals surface area contributed by atoms with Gasteiger partial charge < -0.3 is 4.42 Å². The van der Waals surface area contributed by atoms with Gasteiger partial charge in [-0.3, -0.25) is 4.79 Å². The van der Waals surface area contributed by atoms with Crippen LogP contribution in [-0.4, -0.2) is 6.15 Å². The van der Waals surface area contributed by atoms with Crippen LogP contribution in [0.2, 0.25) is 0 Å². The highest BCUT2D eigenvalue weighted by Crippen LogP contribution is 2.32. The van der Waals surface area contributed by atoms with Gasteiger partial charge in [-0.15, -0.1) is 0 Å². The van der Waals surface area contributed by atoms with E-state index >= 15 is 0 Å². The summed E-state index contributed by atoms with van der Waals surface area (Å²) in [5.74, 6) is 0. The smallest absolute Gasteiger partial charge is 0.200 e. The minimum atomic E-state index is -1.22. The van der Waals surface area contributed by atoms with E-state index in [-0.39, 0.29) is 16.3 Å². The molecule has 1 heterocycles. The highest BCUT2D eigenvalue weighted by atomic mass is 32.2. The second-order valence-corrected chi connectivity index (χ2v) is 15.1. The lowest BCUT2D eigenvalue weighted by molar-refractivity contribution is 0.659. The van der Waals surface area contributed by atoms with Gasteiger partial charge in [0, 0.05) is 6.07 Å². The first-order valence-corrected chi connectivity index (χ1v) is 19.1. The van der Waals surface area contributed by atoms with Crippen molar-refractivity contribution in [1.29, 1.82) is 0 Å². The molecule has 9 rings (SSSR count). The molecule has 0 bridgehead atoms. The topological polar surface area (TPSA) is 30.2 Å². The third-order valence-electron chi connectivity index (χ3n) is 9.94. The predicted octanol–water partition coefficient (Wildman–Crippen LogP) is 9.11. The Kier molecular flexibility index (Phi) is 9.87. The van der Waals surface area contributed by atoms with Crippen molar-refractivity contribution >= 4 is 60.8 Å². The summed E-state index contributed by atoms with van der Waals surface area (Å²) in [6, 6.07) is 77.8. The summed E-state index contributed by atoms with van der Waals surface area (Å²) in [4.78, 5) is 16.6. The summed E-state index contributed by atoms with van der Waals surface area (Å²) in [5, 5.41) is 1.24. The van der Waals surface area contributed by atoms with Crippen molar-refractivity contribution in [3.05, 3.63) is 235 Å². The van der Waals surface area contributed by atoms with E-state index in [1.807, 2.05) is 48.5 Å². The molecule has 254 valence electrons. The van der Waals surface area contributed by atoms with Crippen LogP contribution in [-0.2, 0) is 10.9 Å². The van der Waals surface area contributed by atoms with Crippen LogP contribution < -0.4 is 27.3 Å². The Balaban J connectivity index is 0.000000152. The number of para-hydroxylation sites is 1. The number of fused-ring (bicyclic) bond motifs is 2. The van der Waals surface area contributed by atoms with Crippen molar-refractivity contribution in [1.82, 2.24) is 0 Å². The van der Waals surface area contributed by atoms with Gasteiger partial charge in [0.05, 0.1) is 21.7 Å². The molecule has 53 heavy (non-hydrogen) atoms. The van der Waals surface area contributed by atoms with Crippen molar-refractivity contribution in [3.8, 4) is 0 Å². The van der Waals surface area contributed by atoms with E-state index in [1.54, 1.807) is 0 Å². The summed E-state index contributed by atoms with van der Waals surface area (Å²) in [5.41, 5.74) is 6.62. The lowest BCUT2D eigenvalue weighted by Crippen LogP contribution is -2.74. The maximum absolute atomic E-state index is 13.1. The second kappa shape index (κ2) is 15.5. The molecule has 9 aromatic rings. The Morgan fingerprint density at radius 1 is 0.340 bits per heavy atom. The Labute approximate surface area is 313 Å². The second-order valence-electron chi connectivity index (χ2n) is 13.0. The van der Waals surface area contributed by atoms with Crippen molar-refractivity contribution in [2.24, 2.45) is 0 Å². The molecule has 0 aliphatic heterocycles. The molecule has 0 atom stereocenters. The van der Waals surface area contributed by atoms with Gasteiger partial charge in [-0.2, -0.15) is 21.9 Å². The Hall–Kier alpha value is -6.36.